The van der Waals surface area contributed by atoms with Gasteiger partial charge in [0, 0.05) is 38.4 Å². The predicted molar refractivity (Wildman–Crippen MR) is 65.8 cm³/mol. The topological polar surface area (TPSA) is 33.7 Å². The van der Waals surface area contributed by atoms with E-state index in [-0.39, 0.29) is 5.54 Å². The summed E-state index contributed by atoms with van der Waals surface area (Å²) >= 11 is 0. The summed E-state index contributed by atoms with van der Waals surface area (Å²) in [7, 11) is 6.07. The molecule has 1 atom stereocenters. The highest BCUT2D eigenvalue weighted by atomic mass is 16.5. The van der Waals surface area contributed by atoms with Gasteiger partial charge in [-0.05, 0) is 33.9 Å². The van der Waals surface area contributed by atoms with Crippen molar-refractivity contribution in [2.75, 3.05) is 47.6 Å². The van der Waals surface area contributed by atoms with Gasteiger partial charge in [0.2, 0.25) is 0 Å². The summed E-state index contributed by atoms with van der Waals surface area (Å²) < 4.78 is 10.6. The highest BCUT2D eigenvalue weighted by molar-refractivity contribution is 4.92. The van der Waals surface area contributed by atoms with E-state index in [2.05, 4.69) is 31.2 Å². The third-order valence-corrected chi connectivity index (χ3v) is 3.57. The van der Waals surface area contributed by atoms with Gasteiger partial charge in [0.1, 0.15) is 0 Å². The molecule has 0 spiro atoms. The lowest BCUT2D eigenvalue weighted by Gasteiger charge is -2.43. The van der Waals surface area contributed by atoms with Gasteiger partial charge in [-0.3, -0.25) is 0 Å². The molecule has 96 valence electrons. The van der Waals surface area contributed by atoms with Crippen molar-refractivity contribution in [3.05, 3.63) is 0 Å². The van der Waals surface area contributed by atoms with Crippen LogP contribution in [0.25, 0.3) is 0 Å². The lowest BCUT2D eigenvalue weighted by atomic mass is 9.88. The summed E-state index contributed by atoms with van der Waals surface area (Å²) in [5.74, 6) is 0. The SMILES string of the molecule is COCC(C)NCC1(N(C)C)CCOCC1. The molecule has 0 amide bonds. The Morgan fingerprint density at radius 1 is 1.38 bits per heavy atom. The molecule has 16 heavy (non-hydrogen) atoms. The number of ether oxygens (including phenoxy) is 2. The van der Waals surface area contributed by atoms with Crippen LogP contribution >= 0.6 is 0 Å². The predicted octanol–water partition coefficient (Wildman–Crippen LogP) is 0.722. The molecule has 0 aliphatic carbocycles. The summed E-state index contributed by atoms with van der Waals surface area (Å²) in [5.41, 5.74) is 0.250. The summed E-state index contributed by atoms with van der Waals surface area (Å²) in [6.45, 7) is 5.68. The first-order valence-corrected chi connectivity index (χ1v) is 6.08. The van der Waals surface area contributed by atoms with Crippen molar-refractivity contribution in [3.8, 4) is 0 Å². The molecule has 0 aromatic rings. The fraction of sp³-hybridized carbons (Fsp3) is 1.00. The molecular formula is C12H26N2O2. The lowest BCUT2D eigenvalue weighted by Crippen LogP contribution is -2.56. The van der Waals surface area contributed by atoms with E-state index >= 15 is 0 Å². The third-order valence-electron chi connectivity index (χ3n) is 3.57. The Bertz CT molecular complexity index is 191. The van der Waals surface area contributed by atoms with Crippen molar-refractivity contribution in [3.63, 3.8) is 0 Å². The molecule has 1 fully saturated rings. The van der Waals surface area contributed by atoms with E-state index in [1.54, 1.807) is 7.11 Å². The highest BCUT2D eigenvalue weighted by Gasteiger charge is 2.34. The van der Waals surface area contributed by atoms with Gasteiger partial charge in [-0.2, -0.15) is 0 Å². The Labute approximate surface area is 99.3 Å². The van der Waals surface area contributed by atoms with Gasteiger partial charge in [-0.25, -0.2) is 0 Å². The molecule has 1 rings (SSSR count). The Kier molecular flexibility index (Phi) is 5.69. The van der Waals surface area contributed by atoms with Crippen molar-refractivity contribution in [1.29, 1.82) is 0 Å². The second-order valence-electron chi connectivity index (χ2n) is 4.97. The molecule has 0 aromatic heterocycles. The van der Waals surface area contributed by atoms with Crippen molar-refractivity contribution in [2.24, 2.45) is 0 Å². The van der Waals surface area contributed by atoms with Gasteiger partial charge in [0.05, 0.1) is 6.61 Å². The summed E-state index contributed by atoms with van der Waals surface area (Å²) in [6, 6.07) is 0.407. The minimum atomic E-state index is 0.250. The van der Waals surface area contributed by atoms with E-state index in [1.807, 2.05) is 0 Å². The maximum absolute atomic E-state index is 5.45. The second-order valence-corrected chi connectivity index (χ2v) is 4.97. The Morgan fingerprint density at radius 2 is 2.00 bits per heavy atom. The van der Waals surface area contributed by atoms with E-state index in [9.17, 15) is 0 Å². The number of hydrogen-bond donors (Lipinski definition) is 1. The largest absolute Gasteiger partial charge is 0.383 e. The van der Waals surface area contributed by atoms with Gasteiger partial charge in [0.15, 0.2) is 0 Å². The highest BCUT2D eigenvalue weighted by Crippen LogP contribution is 2.25. The molecule has 1 unspecified atom stereocenters. The standard InChI is InChI=1S/C12H26N2O2/c1-11(9-15-4)13-10-12(14(2)3)5-7-16-8-6-12/h11,13H,5-10H2,1-4H3. The lowest BCUT2D eigenvalue weighted by molar-refractivity contribution is -0.00914. The quantitative estimate of drug-likeness (QED) is 0.729. The summed E-state index contributed by atoms with van der Waals surface area (Å²) in [4.78, 5) is 2.34. The average Bonchev–Trinajstić information content (AvgIpc) is 2.28. The van der Waals surface area contributed by atoms with E-state index in [1.165, 1.54) is 0 Å². The zero-order chi connectivity index (χ0) is 12.0. The van der Waals surface area contributed by atoms with Crippen molar-refractivity contribution in [1.82, 2.24) is 10.2 Å². The molecule has 1 saturated heterocycles. The molecule has 0 bridgehead atoms. The number of nitrogens with one attached hydrogen (secondary N) is 1. The van der Waals surface area contributed by atoms with Crippen LogP contribution < -0.4 is 5.32 Å². The van der Waals surface area contributed by atoms with Gasteiger partial charge < -0.3 is 19.7 Å². The van der Waals surface area contributed by atoms with Gasteiger partial charge >= 0.3 is 0 Å². The molecule has 0 aromatic carbocycles. The average molecular weight is 230 g/mol. The first-order chi connectivity index (χ1) is 7.60. The molecule has 4 nitrogen and oxygen atoms in total. The van der Waals surface area contributed by atoms with Crippen LogP contribution in [0.2, 0.25) is 0 Å². The number of nitrogens with zero attached hydrogens (tertiary/aromatic N) is 1. The molecule has 1 heterocycles. The number of hydrogen-bond acceptors (Lipinski definition) is 4. The van der Waals surface area contributed by atoms with E-state index in [0.29, 0.717) is 6.04 Å². The Balaban J connectivity index is 2.44. The zero-order valence-corrected chi connectivity index (χ0v) is 11.1. The smallest absolute Gasteiger partial charge is 0.0613 e. The first-order valence-electron chi connectivity index (χ1n) is 6.08. The Morgan fingerprint density at radius 3 is 2.50 bits per heavy atom. The maximum Gasteiger partial charge on any atom is 0.0613 e. The van der Waals surface area contributed by atoms with Crippen LogP contribution in [0.3, 0.4) is 0 Å². The first kappa shape index (κ1) is 13.9. The van der Waals surface area contributed by atoms with Crippen molar-refractivity contribution < 1.29 is 9.47 Å². The maximum atomic E-state index is 5.45. The monoisotopic (exact) mass is 230 g/mol. The molecule has 1 aliphatic rings. The number of methoxy groups -OCH3 is 1. The van der Waals surface area contributed by atoms with Crippen LogP contribution in [0.15, 0.2) is 0 Å². The van der Waals surface area contributed by atoms with Gasteiger partial charge in [-0.15, -0.1) is 0 Å². The number of likely N-dealkylation sites (N-methyl/N-ethyl adjacent to an activating group) is 1. The summed E-state index contributed by atoms with van der Waals surface area (Å²) in [5, 5.41) is 3.55. The van der Waals surface area contributed by atoms with Crippen molar-refractivity contribution in [2.45, 2.75) is 31.3 Å². The normalized spacial score (nSPS) is 22.3. The van der Waals surface area contributed by atoms with E-state index in [4.69, 9.17) is 9.47 Å². The Hall–Kier alpha value is -0.160. The minimum Gasteiger partial charge on any atom is -0.383 e. The van der Waals surface area contributed by atoms with Crippen LogP contribution in [0, 0.1) is 0 Å². The second kappa shape index (κ2) is 6.55. The zero-order valence-electron chi connectivity index (χ0n) is 11.1. The molecule has 1 aliphatic heterocycles. The third kappa shape index (κ3) is 3.70. The van der Waals surface area contributed by atoms with Crippen molar-refractivity contribution >= 4 is 0 Å². The summed E-state index contributed by atoms with van der Waals surface area (Å²) in [6.07, 6.45) is 2.21. The number of rotatable bonds is 6. The van der Waals surface area contributed by atoms with Crippen LogP contribution in [-0.2, 0) is 9.47 Å². The van der Waals surface area contributed by atoms with Crippen LogP contribution in [0.1, 0.15) is 19.8 Å². The van der Waals surface area contributed by atoms with Crippen LogP contribution in [-0.4, -0.2) is 64.1 Å². The molecule has 4 heteroatoms. The minimum absolute atomic E-state index is 0.250. The van der Waals surface area contributed by atoms with E-state index < -0.39 is 0 Å². The molecule has 1 N–H and O–H groups in total. The van der Waals surface area contributed by atoms with Gasteiger partial charge in [-0.1, -0.05) is 0 Å². The van der Waals surface area contributed by atoms with E-state index in [0.717, 1.165) is 39.2 Å². The van der Waals surface area contributed by atoms with Crippen LogP contribution in [0.5, 0.6) is 0 Å². The van der Waals surface area contributed by atoms with Gasteiger partial charge in [0.25, 0.3) is 0 Å². The fourth-order valence-electron chi connectivity index (χ4n) is 2.21. The molecular weight excluding hydrogens is 204 g/mol. The molecule has 0 saturated carbocycles. The fourth-order valence-corrected chi connectivity index (χ4v) is 2.21. The molecule has 0 radical (unpaired) electrons. The van der Waals surface area contributed by atoms with Crippen LogP contribution in [0.4, 0.5) is 0 Å².